The second kappa shape index (κ2) is 4.23. The molecule has 2 rings (SSSR count). The van der Waals surface area contributed by atoms with Crippen LogP contribution in [0.25, 0.3) is 11.1 Å². The summed E-state index contributed by atoms with van der Waals surface area (Å²) in [5, 5.41) is -0.108. The predicted octanol–water partition coefficient (Wildman–Crippen LogP) is 2.68. The topological polar surface area (TPSA) is 47.0 Å². The summed E-state index contributed by atoms with van der Waals surface area (Å²) in [6, 6.07) is 12.5. The largest absolute Gasteiger partial charge is 0.279 e. The fraction of sp³-hybridized carbons (Fsp3) is 0. The molecule has 0 aliphatic heterocycles. The number of rotatable bonds is 2. The highest BCUT2D eigenvalue weighted by atomic mass is 35.7. The van der Waals surface area contributed by atoms with Gasteiger partial charge in [-0.2, -0.15) is 0 Å². The smallest absolute Gasteiger partial charge is 0.243 e. The molecular weight excluding hydrogens is 246 g/mol. The van der Waals surface area contributed by atoms with Crippen LogP contribution >= 0.6 is 10.7 Å². The SMILES string of the molecule is O=S(=O)(Cl)c1ncccc1-c1ccccc1. The molecule has 0 aliphatic carbocycles. The third-order valence-corrected chi connectivity index (χ3v) is 3.31. The van der Waals surface area contributed by atoms with Gasteiger partial charge in [-0.25, -0.2) is 13.4 Å². The summed E-state index contributed by atoms with van der Waals surface area (Å²) in [4.78, 5) is 3.81. The van der Waals surface area contributed by atoms with Crippen molar-refractivity contribution < 1.29 is 8.42 Å². The Labute approximate surface area is 98.1 Å². The van der Waals surface area contributed by atoms with Crippen molar-refractivity contribution in [3.05, 3.63) is 48.7 Å². The van der Waals surface area contributed by atoms with Crippen LogP contribution in [0.2, 0.25) is 0 Å². The van der Waals surface area contributed by atoms with Gasteiger partial charge in [0.2, 0.25) is 0 Å². The lowest BCUT2D eigenvalue weighted by molar-refractivity contribution is 0.606. The first-order valence-electron chi connectivity index (χ1n) is 4.54. The molecule has 0 spiro atoms. The minimum atomic E-state index is -3.82. The highest BCUT2D eigenvalue weighted by molar-refractivity contribution is 8.13. The van der Waals surface area contributed by atoms with E-state index in [1.807, 2.05) is 30.3 Å². The zero-order chi connectivity index (χ0) is 11.6. The van der Waals surface area contributed by atoms with Gasteiger partial charge in [0.25, 0.3) is 9.05 Å². The van der Waals surface area contributed by atoms with E-state index in [1.165, 1.54) is 6.20 Å². The predicted molar refractivity (Wildman–Crippen MR) is 62.7 cm³/mol. The number of nitrogens with zero attached hydrogens (tertiary/aromatic N) is 1. The van der Waals surface area contributed by atoms with Gasteiger partial charge in [0.15, 0.2) is 5.03 Å². The lowest BCUT2D eigenvalue weighted by Gasteiger charge is -2.04. The van der Waals surface area contributed by atoms with E-state index in [2.05, 4.69) is 4.98 Å². The zero-order valence-corrected chi connectivity index (χ0v) is 9.74. The minimum Gasteiger partial charge on any atom is -0.243 e. The van der Waals surface area contributed by atoms with E-state index in [-0.39, 0.29) is 5.03 Å². The first kappa shape index (κ1) is 11.1. The number of pyridine rings is 1. The molecule has 1 heterocycles. The molecule has 0 radical (unpaired) electrons. The van der Waals surface area contributed by atoms with Crippen molar-refractivity contribution in [3.63, 3.8) is 0 Å². The second-order valence-electron chi connectivity index (χ2n) is 3.16. The van der Waals surface area contributed by atoms with E-state index in [0.29, 0.717) is 5.56 Å². The van der Waals surface area contributed by atoms with Crippen molar-refractivity contribution in [1.29, 1.82) is 0 Å². The summed E-state index contributed by atoms with van der Waals surface area (Å²) in [7, 11) is 1.50. The van der Waals surface area contributed by atoms with Crippen LogP contribution in [0.5, 0.6) is 0 Å². The standard InChI is InChI=1S/C11H8ClNO2S/c12-16(14,15)11-10(7-4-8-13-11)9-5-2-1-3-6-9/h1-8H. The summed E-state index contributed by atoms with van der Waals surface area (Å²) < 4.78 is 22.7. The van der Waals surface area contributed by atoms with Crippen LogP contribution in [-0.4, -0.2) is 13.4 Å². The van der Waals surface area contributed by atoms with Gasteiger partial charge in [-0.15, -0.1) is 0 Å². The highest BCUT2D eigenvalue weighted by Crippen LogP contribution is 2.27. The Balaban J connectivity index is 2.68. The van der Waals surface area contributed by atoms with Crippen LogP contribution in [0.15, 0.2) is 53.7 Å². The number of hydrogen-bond acceptors (Lipinski definition) is 3. The monoisotopic (exact) mass is 253 g/mol. The Morgan fingerprint density at radius 1 is 1.00 bits per heavy atom. The summed E-state index contributed by atoms with van der Waals surface area (Å²) in [6.45, 7) is 0. The summed E-state index contributed by atoms with van der Waals surface area (Å²) in [5.74, 6) is 0. The molecule has 82 valence electrons. The van der Waals surface area contributed by atoms with E-state index in [4.69, 9.17) is 10.7 Å². The molecule has 0 atom stereocenters. The van der Waals surface area contributed by atoms with Crippen LogP contribution in [0.4, 0.5) is 0 Å². The molecule has 0 N–H and O–H groups in total. The molecule has 16 heavy (non-hydrogen) atoms. The fourth-order valence-electron chi connectivity index (χ4n) is 1.42. The van der Waals surface area contributed by atoms with E-state index < -0.39 is 9.05 Å². The average molecular weight is 254 g/mol. The third-order valence-electron chi connectivity index (χ3n) is 2.09. The molecule has 0 unspecified atom stereocenters. The fourth-order valence-corrected chi connectivity index (χ4v) is 2.43. The molecule has 3 nitrogen and oxygen atoms in total. The maximum atomic E-state index is 11.3. The molecule has 0 aliphatic rings. The van der Waals surface area contributed by atoms with Gasteiger partial charge in [0.05, 0.1) is 0 Å². The average Bonchev–Trinajstić information content (AvgIpc) is 2.29. The first-order valence-corrected chi connectivity index (χ1v) is 6.85. The van der Waals surface area contributed by atoms with Gasteiger partial charge < -0.3 is 0 Å². The van der Waals surface area contributed by atoms with Crippen molar-refractivity contribution in [2.45, 2.75) is 5.03 Å². The molecular formula is C11H8ClNO2S. The van der Waals surface area contributed by atoms with E-state index in [0.717, 1.165) is 5.56 Å². The molecule has 2 aromatic rings. The normalized spacial score (nSPS) is 11.3. The third kappa shape index (κ3) is 2.23. The van der Waals surface area contributed by atoms with Crippen LogP contribution in [0.3, 0.4) is 0 Å². The van der Waals surface area contributed by atoms with E-state index in [9.17, 15) is 8.42 Å². The molecule has 0 bridgehead atoms. The Morgan fingerprint density at radius 2 is 1.69 bits per heavy atom. The maximum absolute atomic E-state index is 11.3. The molecule has 0 amide bonds. The van der Waals surface area contributed by atoms with Gasteiger partial charge in [-0.1, -0.05) is 30.3 Å². The number of halogens is 1. The zero-order valence-electron chi connectivity index (χ0n) is 8.17. The molecule has 5 heteroatoms. The van der Waals surface area contributed by atoms with Crippen molar-refractivity contribution in [2.75, 3.05) is 0 Å². The maximum Gasteiger partial charge on any atom is 0.279 e. The van der Waals surface area contributed by atoms with Crippen LogP contribution in [-0.2, 0) is 9.05 Å². The summed E-state index contributed by atoms with van der Waals surface area (Å²) in [5.41, 5.74) is 1.29. The lowest BCUT2D eigenvalue weighted by atomic mass is 10.1. The Morgan fingerprint density at radius 3 is 2.31 bits per heavy atom. The molecule has 0 fully saturated rings. The molecule has 0 saturated heterocycles. The second-order valence-corrected chi connectivity index (χ2v) is 5.64. The Bertz CT molecular complexity index is 596. The summed E-state index contributed by atoms with van der Waals surface area (Å²) >= 11 is 0. The van der Waals surface area contributed by atoms with E-state index >= 15 is 0 Å². The van der Waals surface area contributed by atoms with Crippen molar-refractivity contribution in [3.8, 4) is 11.1 Å². The van der Waals surface area contributed by atoms with Crippen LogP contribution < -0.4 is 0 Å². The van der Waals surface area contributed by atoms with Gasteiger partial charge in [-0.05, 0) is 17.7 Å². The van der Waals surface area contributed by atoms with Crippen molar-refractivity contribution in [1.82, 2.24) is 4.98 Å². The summed E-state index contributed by atoms with van der Waals surface area (Å²) in [6.07, 6.45) is 1.40. The van der Waals surface area contributed by atoms with Crippen LogP contribution in [0.1, 0.15) is 0 Å². The first-order chi connectivity index (χ1) is 7.59. The quantitative estimate of drug-likeness (QED) is 0.773. The lowest BCUT2D eigenvalue weighted by Crippen LogP contribution is -1.97. The number of hydrogen-bond donors (Lipinski definition) is 0. The van der Waals surface area contributed by atoms with Gasteiger partial charge >= 0.3 is 0 Å². The molecule has 1 aromatic heterocycles. The van der Waals surface area contributed by atoms with Gasteiger partial charge in [0, 0.05) is 22.4 Å². The highest BCUT2D eigenvalue weighted by Gasteiger charge is 2.17. The van der Waals surface area contributed by atoms with Crippen LogP contribution in [0, 0.1) is 0 Å². The Hall–Kier alpha value is -1.39. The molecule has 1 aromatic carbocycles. The number of aromatic nitrogens is 1. The van der Waals surface area contributed by atoms with Crippen molar-refractivity contribution in [2.24, 2.45) is 0 Å². The van der Waals surface area contributed by atoms with Crippen molar-refractivity contribution >= 4 is 19.7 Å². The van der Waals surface area contributed by atoms with E-state index in [1.54, 1.807) is 12.1 Å². The van der Waals surface area contributed by atoms with Gasteiger partial charge in [0.1, 0.15) is 0 Å². The van der Waals surface area contributed by atoms with Gasteiger partial charge in [-0.3, -0.25) is 0 Å². The Kier molecular flexibility index (Phi) is 2.94. The molecule has 0 saturated carbocycles. The number of benzene rings is 1. The minimum absolute atomic E-state index is 0.108.